The van der Waals surface area contributed by atoms with Crippen LogP contribution >= 0.6 is 0 Å². The Hall–Kier alpha value is -0.850. The van der Waals surface area contributed by atoms with E-state index in [2.05, 4.69) is 43.8 Å². The van der Waals surface area contributed by atoms with Gasteiger partial charge in [0, 0.05) is 11.6 Å². The molecule has 0 N–H and O–H groups in total. The molecule has 0 aliphatic heterocycles. The SMILES string of the molecule is CCCCCCCCCCCCCc1cc[n+](CC)cc1CCCCCCCCCCCCC. The molecule has 1 nitrogen and oxygen atoms in total. The molecule has 198 valence electrons. The van der Waals surface area contributed by atoms with E-state index in [1.54, 1.807) is 11.1 Å². The van der Waals surface area contributed by atoms with Crippen molar-refractivity contribution >= 4 is 0 Å². The molecule has 0 aliphatic rings. The average Bonchev–Trinajstić information content (AvgIpc) is 2.86. The summed E-state index contributed by atoms with van der Waals surface area (Å²) in [6, 6.07) is 2.42. The van der Waals surface area contributed by atoms with Crippen molar-refractivity contribution in [1.82, 2.24) is 0 Å². The highest BCUT2D eigenvalue weighted by atomic mass is 14.9. The van der Waals surface area contributed by atoms with Crippen molar-refractivity contribution in [3.63, 3.8) is 0 Å². The fourth-order valence-electron chi connectivity index (χ4n) is 5.24. The molecular weight excluding hydrogens is 410 g/mol. The van der Waals surface area contributed by atoms with Gasteiger partial charge in [-0.1, -0.05) is 142 Å². The van der Waals surface area contributed by atoms with Gasteiger partial charge in [0.05, 0.1) is 0 Å². The Bertz CT molecular complexity index is 549. The van der Waals surface area contributed by atoms with E-state index in [1.807, 2.05) is 0 Å². The van der Waals surface area contributed by atoms with Crippen molar-refractivity contribution in [2.45, 2.75) is 181 Å². The van der Waals surface area contributed by atoms with Gasteiger partial charge in [0.25, 0.3) is 0 Å². The summed E-state index contributed by atoms with van der Waals surface area (Å²) in [5.74, 6) is 0. The topological polar surface area (TPSA) is 3.88 Å². The lowest BCUT2D eigenvalue weighted by Crippen LogP contribution is -2.32. The van der Waals surface area contributed by atoms with E-state index in [-0.39, 0.29) is 0 Å². The lowest BCUT2D eigenvalue weighted by Gasteiger charge is -2.09. The fraction of sp³-hybridized carbons (Fsp3) is 0.848. The van der Waals surface area contributed by atoms with E-state index in [1.165, 1.54) is 154 Å². The highest BCUT2D eigenvalue weighted by Crippen LogP contribution is 2.17. The fourth-order valence-corrected chi connectivity index (χ4v) is 5.24. The van der Waals surface area contributed by atoms with Crippen LogP contribution in [0.3, 0.4) is 0 Å². The molecule has 0 saturated carbocycles. The van der Waals surface area contributed by atoms with E-state index in [9.17, 15) is 0 Å². The van der Waals surface area contributed by atoms with E-state index in [0.717, 1.165) is 6.54 Å². The summed E-state index contributed by atoms with van der Waals surface area (Å²) < 4.78 is 2.37. The molecule has 0 fully saturated rings. The Morgan fingerprint density at radius 3 is 1.18 bits per heavy atom. The summed E-state index contributed by atoms with van der Waals surface area (Å²) in [5, 5.41) is 0. The van der Waals surface area contributed by atoms with Crippen molar-refractivity contribution in [2.24, 2.45) is 0 Å². The summed E-state index contributed by atoms with van der Waals surface area (Å²) in [6.07, 6.45) is 38.8. The van der Waals surface area contributed by atoms with E-state index in [4.69, 9.17) is 0 Å². The highest BCUT2D eigenvalue weighted by Gasteiger charge is 2.08. The van der Waals surface area contributed by atoms with Crippen LogP contribution in [0.1, 0.15) is 173 Å². The van der Waals surface area contributed by atoms with Crippen molar-refractivity contribution < 1.29 is 4.57 Å². The molecule has 0 radical (unpaired) electrons. The maximum absolute atomic E-state index is 2.45. The number of unbranched alkanes of at least 4 members (excludes halogenated alkanes) is 20. The number of aryl methyl sites for hydroxylation is 3. The minimum atomic E-state index is 1.09. The van der Waals surface area contributed by atoms with Crippen LogP contribution in [0.2, 0.25) is 0 Å². The third kappa shape index (κ3) is 17.6. The average molecular weight is 473 g/mol. The summed E-state index contributed by atoms with van der Waals surface area (Å²) in [6.45, 7) is 7.96. The summed E-state index contributed by atoms with van der Waals surface area (Å²) in [7, 11) is 0. The molecule has 1 heteroatoms. The first-order valence-corrected chi connectivity index (χ1v) is 15.8. The van der Waals surface area contributed by atoms with Gasteiger partial charge in [0.2, 0.25) is 0 Å². The molecule has 1 aromatic heterocycles. The predicted octanol–water partition coefficient (Wildman–Crippen LogP) is 10.7. The van der Waals surface area contributed by atoms with E-state index < -0.39 is 0 Å². The zero-order valence-electron chi connectivity index (χ0n) is 23.9. The van der Waals surface area contributed by atoms with Crippen LogP contribution in [-0.4, -0.2) is 0 Å². The second kappa shape index (κ2) is 23.9. The summed E-state index contributed by atoms with van der Waals surface area (Å²) in [4.78, 5) is 0. The molecular formula is C33H62N+. The second-order valence-electron chi connectivity index (χ2n) is 10.9. The molecule has 0 amide bonds. The molecule has 0 bridgehead atoms. The number of pyridine rings is 1. The monoisotopic (exact) mass is 472 g/mol. The van der Waals surface area contributed by atoms with Crippen LogP contribution in [0.25, 0.3) is 0 Å². The van der Waals surface area contributed by atoms with Gasteiger partial charge in [-0.25, -0.2) is 4.57 Å². The first-order chi connectivity index (χ1) is 16.8. The lowest BCUT2D eigenvalue weighted by atomic mass is 9.97. The number of hydrogen-bond donors (Lipinski definition) is 0. The van der Waals surface area contributed by atoms with Crippen molar-refractivity contribution in [3.8, 4) is 0 Å². The largest absolute Gasteiger partial charge is 0.205 e. The number of nitrogens with zero attached hydrogens (tertiary/aromatic N) is 1. The van der Waals surface area contributed by atoms with Gasteiger partial charge < -0.3 is 0 Å². The van der Waals surface area contributed by atoms with Crippen LogP contribution in [0.5, 0.6) is 0 Å². The maximum atomic E-state index is 2.45. The Morgan fingerprint density at radius 1 is 0.441 bits per heavy atom. The minimum absolute atomic E-state index is 1.09. The molecule has 1 rings (SSSR count). The van der Waals surface area contributed by atoms with E-state index >= 15 is 0 Å². The van der Waals surface area contributed by atoms with Crippen LogP contribution in [0, 0.1) is 0 Å². The molecule has 0 unspecified atom stereocenters. The minimum Gasteiger partial charge on any atom is -0.205 e. The molecule has 0 aromatic carbocycles. The first-order valence-electron chi connectivity index (χ1n) is 15.8. The molecule has 1 aromatic rings. The number of aromatic nitrogens is 1. The van der Waals surface area contributed by atoms with Gasteiger partial charge >= 0.3 is 0 Å². The standard InChI is InChI=1S/C33H62N/c1-4-7-9-11-13-15-17-19-21-23-25-27-32-29-30-34(6-3)31-33(32)28-26-24-22-20-18-16-14-12-10-8-5-2/h29-31H,4-28H2,1-3H3/q+1. The van der Waals surface area contributed by atoms with Gasteiger partial charge in [-0.2, -0.15) is 0 Å². The van der Waals surface area contributed by atoms with Crippen LogP contribution in [0.4, 0.5) is 0 Å². The molecule has 0 spiro atoms. The summed E-state index contributed by atoms with van der Waals surface area (Å²) >= 11 is 0. The van der Waals surface area contributed by atoms with Crippen molar-refractivity contribution in [1.29, 1.82) is 0 Å². The Morgan fingerprint density at radius 2 is 0.794 bits per heavy atom. The summed E-state index contributed by atoms with van der Waals surface area (Å²) in [5.41, 5.74) is 3.26. The molecule has 0 aliphatic carbocycles. The van der Waals surface area contributed by atoms with Crippen molar-refractivity contribution in [3.05, 3.63) is 29.6 Å². The highest BCUT2D eigenvalue weighted by molar-refractivity contribution is 5.21. The zero-order valence-corrected chi connectivity index (χ0v) is 23.9. The third-order valence-corrected chi connectivity index (χ3v) is 7.67. The first kappa shape index (κ1) is 31.2. The molecule has 34 heavy (non-hydrogen) atoms. The smallest absolute Gasteiger partial charge is 0.172 e. The maximum Gasteiger partial charge on any atom is 0.172 e. The Balaban J connectivity index is 2.14. The van der Waals surface area contributed by atoms with Crippen LogP contribution < -0.4 is 4.57 Å². The van der Waals surface area contributed by atoms with E-state index in [0.29, 0.717) is 0 Å². The molecule has 0 atom stereocenters. The number of hydrogen-bond acceptors (Lipinski definition) is 0. The van der Waals surface area contributed by atoms with Gasteiger partial charge in [0.15, 0.2) is 12.4 Å². The van der Waals surface area contributed by atoms with Crippen LogP contribution in [-0.2, 0) is 19.4 Å². The van der Waals surface area contributed by atoms with Crippen LogP contribution in [0.15, 0.2) is 18.5 Å². The molecule has 1 heterocycles. The quantitative estimate of drug-likeness (QED) is 0.0983. The second-order valence-corrected chi connectivity index (χ2v) is 10.9. The van der Waals surface area contributed by atoms with Crippen molar-refractivity contribution in [2.75, 3.05) is 0 Å². The van der Waals surface area contributed by atoms with Gasteiger partial charge in [0.1, 0.15) is 6.54 Å². The third-order valence-electron chi connectivity index (χ3n) is 7.67. The zero-order chi connectivity index (χ0) is 24.5. The van der Waals surface area contributed by atoms with Gasteiger partial charge in [-0.15, -0.1) is 0 Å². The number of rotatable bonds is 25. The normalized spacial score (nSPS) is 11.4. The Kier molecular flexibility index (Phi) is 21.9. The lowest BCUT2D eigenvalue weighted by molar-refractivity contribution is -0.694. The predicted molar refractivity (Wildman–Crippen MR) is 153 cm³/mol. The Labute approximate surface area is 215 Å². The molecule has 0 saturated heterocycles. The van der Waals surface area contributed by atoms with Gasteiger partial charge in [-0.05, 0) is 38.2 Å². The van der Waals surface area contributed by atoms with Gasteiger partial charge in [-0.3, -0.25) is 0 Å².